The molecule has 1 nitrogen and oxygen atoms in total. The monoisotopic (exact) mass is 293 g/mol. The zero-order valence-corrected chi connectivity index (χ0v) is 11.0. The molecule has 88 valence electrons. The molecule has 0 aliphatic heterocycles. The molecule has 0 radical (unpaired) electrons. The van der Waals surface area contributed by atoms with Crippen LogP contribution >= 0.6 is 15.9 Å². The van der Waals surface area contributed by atoms with Gasteiger partial charge in [0.1, 0.15) is 5.82 Å². The first-order valence-electron chi connectivity index (χ1n) is 5.43. The van der Waals surface area contributed by atoms with Crippen LogP contribution in [-0.2, 0) is 0 Å². The molecule has 1 atom stereocenters. The van der Waals surface area contributed by atoms with Crippen molar-refractivity contribution in [3.05, 3.63) is 64.4 Å². The first kappa shape index (κ1) is 12.1. The number of anilines is 1. The van der Waals surface area contributed by atoms with Crippen LogP contribution in [0.1, 0.15) is 18.5 Å². The van der Waals surface area contributed by atoms with Crippen molar-refractivity contribution >= 4 is 21.6 Å². The molecule has 0 fully saturated rings. The molecule has 0 heterocycles. The van der Waals surface area contributed by atoms with Gasteiger partial charge in [0.15, 0.2) is 0 Å². The lowest BCUT2D eigenvalue weighted by Gasteiger charge is -2.15. The lowest BCUT2D eigenvalue weighted by atomic mass is 10.1. The number of rotatable bonds is 3. The van der Waals surface area contributed by atoms with Crippen LogP contribution in [0, 0.1) is 5.82 Å². The zero-order valence-electron chi connectivity index (χ0n) is 9.45. The Hall–Kier alpha value is -1.35. The Morgan fingerprint density at radius 3 is 2.47 bits per heavy atom. The normalized spacial score (nSPS) is 12.2. The van der Waals surface area contributed by atoms with Crippen LogP contribution in [0.15, 0.2) is 53.0 Å². The summed E-state index contributed by atoms with van der Waals surface area (Å²) in [5.74, 6) is -0.202. The van der Waals surface area contributed by atoms with Crippen LogP contribution in [0.2, 0.25) is 0 Å². The summed E-state index contributed by atoms with van der Waals surface area (Å²) in [4.78, 5) is 0. The summed E-state index contributed by atoms with van der Waals surface area (Å²) in [6.07, 6.45) is 0. The molecule has 2 aromatic rings. The maximum Gasteiger partial charge on any atom is 0.123 e. The van der Waals surface area contributed by atoms with Gasteiger partial charge in [-0.25, -0.2) is 4.39 Å². The Bertz CT molecular complexity index is 496. The summed E-state index contributed by atoms with van der Waals surface area (Å²) >= 11 is 3.39. The van der Waals surface area contributed by atoms with Gasteiger partial charge in [0.25, 0.3) is 0 Å². The molecule has 3 heteroatoms. The van der Waals surface area contributed by atoms with Gasteiger partial charge >= 0.3 is 0 Å². The Kier molecular flexibility index (Phi) is 3.79. The minimum absolute atomic E-state index is 0.0758. The van der Waals surface area contributed by atoms with Crippen molar-refractivity contribution in [3.8, 4) is 0 Å². The Morgan fingerprint density at radius 1 is 1.12 bits per heavy atom. The smallest absolute Gasteiger partial charge is 0.123 e. The summed E-state index contributed by atoms with van der Waals surface area (Å²) in [6, 6.07) is 14.6. The van der Waals surface area contributed by atoms with Gasteiger partial charge < -0.3 is 5.32 Å². The Balaban J connectivity index is 2.11. The predicted octanol–water partition coefficient (Wildman–Crippen LogP) is 4.76. The minimum Gasteiger partial charge on any atom is -0.379 e. The third-order valence-electron chi connectivity index (χ3n) is 2.58. The van der Waals surface area contributed by atoms with E-state index < -0.39 is 0 Å². The number of benzene rings is 2. The molecule has 0 saturated heterocycles. The third kappa shape index (κ3) is 3.30. The van der Waals surface area contributed by atoms with Crippen molar-refractivity contribution in [3.63, 3.8) is 0 Å². The highest BCUT2D eigenvalue weighted by atomic mass is 79.9. The number of hydrogen-bond donors (Lipinski definition) is 1. The molecule has 2 rings (SSSR count). The van der Waals surface area contributed by atoms with E-state index in [-0.39, 0.29) is 11.9 Å². The molecule has 0 spiro atoms. The molecular formula is C14H13BrFN. The topological polar surface area (TPSA) is 12.0 Å². The Morgan fingerprint density at radius 2 is 1.82 bits per heavy atom. The van der Waals surface area contributed by atoms with Gasteiger partial charge in [-0.3, -0.25) is 0 Å². The molecule has 0 amide bonds. The van der Waals surface area contributed by atoms with Crippen molar-refractivity contribution in [1.82, 2.24) is 0 Å². The molecule has 0 bridgehead atoms. The summed E-state index contributed by atoms with van der Waals surface area (Å²) in [5, 5.41) is 3.33. The van der Waals surface area contributed by atoms with Gasteiger partial charge in [-0.1, -0.05) is 28.1 Å². The molecule has 0 saturated carbocycles. The second-order valence-electron chi connectivity index (χ2n) is 3.93. The van der Waals surface area contributed by atoms with Crippen LogP contribution in [0.5, 0.6) is 0 Å². The average Bonchev–Trinajstić information content (AvgIpc) is 2.32. The van der Waals surface area contributed by atoms with Gasteiger partial charge in [0.05, 0.1) is 0 Å². The molecule has 1 unspecified atom stereocenters. The van der Waals surface area contributed by atoms with E-state index in [0.717, 1.165) is 15.7 Å². The first-order valence-corrected chi connectivity index (χ1v) is 6.22. The van der Waals surface area contributed by atoms with Crippen molar-refractivity contribution in [2.75, 3.05) is 5.32 Å². The summed E-state index contributed by atoms with van der Waals surface area (Å²) in [5.41, 5.74) is 1.96. The van der Waals surface area contributed by atoms with Crippen LogP contribution in [0.4, 0.5) is 10.1 Å². The fourth-order valence-electron chi connectivity index (χ4n) is 1.66. The largest absolute Gasteiger partial charge is 0.379 e. The highest BCUT2D eigenvalue weighted by Gasteiger charge is 2.05. The first-order chi connectivity index (χ1) is 8.15. The fourth-order valence-corrected chi connectivity index (χ4v) is 1.92. The highest BCUT2D eigenvalue weighted by molar-refractivity contribution is 9.10. The van der Waals surface area contributed by atoms with E-state index in [0.29, 0.717) is 0 Å². The summed E-state index contributed by atoms with van der Waals surface area (Å²) in [7, 11) is 0. The molecule has 0 aromatic heterocycles. The number of nitrogens with one attached hydrogen (secondary N) is 1. The van der Waals surface area contributed by atoms with Crippen LogP contribution in [-0.4, -0.2) is 0 Å². The van der Waals surface area contributed by atoms with Crippen LogP contribution in [0.25, 0.3) is 0 Å². The van der Waals surface area contributed by atoms with E-state index in [9.17, 15) is 4.39 Å². The molecule has 17 heavy (non-hydrogen) atoms. The molecule has 0 aliphatic rings. The zero-order chi connectivity index (χ0) is 12.3. The van der Waals surface area contributed by atoms with Crippen molar-refractivity contribution in [1.29, 1.82) is 0 Å². The molecule has 1 N–H and O–H groups in total. The SMILES string of the molecule is CC(Nc1ccc(Br)cc1)c1cccc(F)c1. The molecule has 0 aliphatic carbocycles. The van der Waals surface area contributed by atoms with Crippen molar-refractivity contribution < 1.29 is 4.39 Å². The quantitative estimate of drug-likeness (QED) is 0.860. The van der Waals surface area contributed by atoms with Crippen molar-refractivity contribution in [2.24, 2.45) is 0 Å². The minimum atomic E-state index is -0.202. The predicted molar refractivity (Wildman–Crippen MR) is 72.6 cm³/mol. The van der Waals surface area contributed by atoms with E-state index in [1.807, 2.05) is 37.3 Å². The fraction of sp³-hybridized carbons (Fsp3) is 0.143. The second-order valence-corrected chi connectivity index (χ2v) is 4.84. The maximum absolute atomic E-state index is 13.1. The van der Waals surface area contributed by atoms with Crippen LogP contribution < -0.4 is 5.32 Å². The van der Waals surface area contributed by atoms with Gasteiger partial charge in [0.2, 0.25) is 0 Å². The third-order valence-corrected chi connectivity index (χ3v) is 3.10. The van der Waals surface area contributed by atoms with Gasteiger partial charge in [0, 0.05) is 16.2 Å². The van der Waals surface area contributed by atoms with Gasteiger partial charge in [-0.15, -0.1) is 0 Å². The van der Waals surface area contributed by atoms with E-state index >= 15 is 0 Å². The second kappa shape index (κ2) is 5.32. The van der Waals surface area contributed by atoms with E-state index in [1.165, 1.54) is 6.07 Å². The summed E-state index contributed by atoms with van der Waals surface area (Å²) < 4.78 is 14.1. The molecular weight excluding hydrogens is 281 g/mol. The maximum atomic E-state index is 13.1. The van der Waals surface area contributed by atoms with Gasteiger partial charge in [-0.05, 0) is 48.9 Å². The standard InChI is InChI=1S/C14H13BrFN/c1-10(11-3-2-4-13(16)9-11)17-14-7-5-12(15)6-8-14/h2-10,17H,1H3. The lowest BCUT2D eigenvalue weighted by molar-refractivity contribution is 0.623. The van der Waals surface area contributed by atoms with E-state index in [2.05, 4.69) is 21.2 Å². The highest BCUT2D eigenvalue weighted by Crippen LogP contribution is 2.21. The Labute approximate surface area is 109 Å². The van der Waals surface area contributed by atoms with Crippen LogP contribution in [0.3, 0.4) is 0 Å². The molecule has 2 aromatic carbocycles. The number of halogens is 2. The van der Waals surface area contributed by atoms with E-state index in [1.54, 1.807) is 12.1 Å². The lowest BCUT2D eigenvalue weighted by Crippen LogP contribution is -2.06. The van der Waals surface area contributed by atoms with Gasteiger partial charge in [-0.2, -0.15) is 0 Å². The average molecular weight is 294 g/mol. The van der Waals surface area contributed by atoms with Crippen molar-refractivity contribution in [2.45, 2.75) is 13.0 Å². The number of hydrogen-bond acceptors (Lipinski definition) is 1. The van der Waals surface area contributed by atoms with E-state index in [4.69, 9.17) is 0 Å². The summed E-state index contributed by atoms with van der Waals surface area (Å²) in [6.45, 7) is 2.01.